The molecule has 2 aromatic heterocycles. The first-order valence-corrected chi connectivity index (χ1v) is 16.1. The molecule has 0 aliphatic carbocycles. The first kappa shape index (κ1) is 31.0. The Morgan fingerprint density at radius 2 is 1.65 bits per heavy atom. The van der Waals surface area contributed by atoms with Crippen molar-refractivity contribution in [2.45, 2.75) is 24.2 Å². The van der Waals surface area contributed by atoms with Crippen LogP contribution < -0.4 is 14.8 Å². The lowest BCUT2D eigenvalue weighted by atomic mass is 9.98. The number of carbonyl (C=O) groups is 2. The lowest BCUT2D eigenvalue weighted by molar-refractivity contribution is -0.130. The number of nitrogens with zero attached hydrogens (tertiary/aromatic N) is 5. The fourth-order valence-corrected chi connectivity index (χ4v) is 6.45. The van der Waals surface area contributed by atoms with Crippen molar-refractivity contribution in [3.63, 3.8) is 0 Å². The summed E-state index contributed by atoms with van der Waals surface area (Å²) in [5.41, 5.74) is 3.19. The molecule has 0 spiro atoms. The molecule has 46 heavy (non-hydrogen) atoms. The summed E-state index contributed by atoms with van der Waals surface area (Å²) in [5.74, 6) is 1.03. The molecule has 1 aliphatic heterocycles. The molecule has 13 heteroatoms. The fraction of sp³-hybridized carbons (Fsp3) is 0.182. The molecule has 10 nitrogen and oxygen atoms in total. The molecule has 3 aromatic carbocycles. The number of amides is 2. The Morgan fingerprint density at radius 1 is 0.957 bits per heavy atom. The number of carbonyl (C=O) groups excluding carboxylic acids is 2. The molecular weight excluding hydrogens is 628 g/mol. The van der Waals surface area contributed by atoms with Crippen molar-refractivity contribution in [1.29, 1.82) is 0 Å². The number of hydrogen-bond acceptors (Lipinski definition) is 9. The average molecular weight is 657 g/mol. The first-order chi connectivity index (χ1) is 22.4. The second kappa shape index (κ2) is 14.0. The molecular formula is C33H29FN6O4S2. The summed E-state index contributed by atoms with van der Waals surface area (Å²) < 4.78 is 26.1. The topological polar surface area (TPSA) is 111 Å². The quantitative estimate of drug-likeness (QED) is 0.177. The number of hydrogen-bond donors (Lipinski definition) is 1. The third kappa shape index (κ3) is 6.80. The van der Waals surface area contributed by atoms with Crippen molar-refractivity contribution in [2.75, 3.05) is 20.0 Å². The van der Waals surface area contributed by atoms with Gasteiger partial charge in [-0.25, -0.2) is 9.40 Å². The maximum atomic E-state index is 13.8. The zero-order valence-corrected chi connectivity index (χ0v) is 26.6. The zero-order valence-electron chi connectivity index (χ0n) is 24.9. The van der Waals surface area contributed by atoms with Gasteiger partial charge in [0.1, 0.15) is 17.3 Å². The molecule has 6 rings (SSSR count). The number of hydrazone groups is 1. The average Bonchev–Trinajstić information content (AvgIpc) is 3.87. The molecule has 5 aromatic rings. The van der Waals surface area contributed by atoms with Crippen LogP contribution in [0.25, 0.3) is 5.69 Å². The van der Waals surface area contributed by atoms with Crippen LogP contribution in [-0.4, -0.2) is 57.3 Å². The third-order valence-corrected chi connectivity index (χ3v) is 9.13. The molecule has 0 fully saturated rings. The standard InChI is InChI=1S/C33H29FN6O4S2/c1-43-25-13-5-21(6-14-25)27-18-28(22-7-15-26(44-2)16-8-22)40(38-27)31(41)20-46-33-37-36-30(19-35-32(42)29-4-3-17-45-29)39(33)24-11-9-23(34)10-12-24/h3-17,28H,18-20H2,1-2H3,(H,35,42). The van der Waals surface area contributed by atoms with Gasteiger partial charge in [-0.2, -0.15) is 5.10 Å². The lowest BCUT2D eigenvalue weighted by Gasteiger charge is -2.22. The number of halogens is 1. The van der Waals surface area contributed by atoms with Crippen molar-refractivity contribution in [3.8, 4) is 17.2 Å². The number of ether oxygens (including phenoxy) is 2. The molecule has 1 aliphatic rings. The SMILES string of the molecule is COc1ccc(C2=NN(C(=O)CSc3nnc(CNC(=O)c4cccs4)n3-c3ccc(F)cc3)C(c3ccc(OC)cc3)C2)cc1. The number of nitrogens with one attached hydrogen (secondary N) is 1. The smallest absolute Gasteiger partial charge is 0.261 e. The van der Waals surface area contributed by atoms with Gasteiger partial charge in [-0.3, -0.25) is 14.2 Å². The van der Waals surface area contributed by atoms with E-state index in [4.69, 9.17) is 14.6 Å². The zero-order chi connectivity index (χ0) is 32.0. The fourth-order valence-electron chi connectivity index (χ4n) is 4.99. The first-order valence-electron chi connectivity index (χ1n) is 14.3. The summed E-state index contributed by atoms with van der Waals surface area (Å²) in [6.07, 6.45) is 0.523. The van der Waals surface area contributed by atoms with Crippen LogP contribution >= 0.6 is 23.1 Å². The summed E-state index contributed by atoms with van der Waals surface area (Å²) in [7, 11) is 3.22. The normalized spacial score (nSPS) is 14.2. The molecule has 1 unspecified atom stereocenters. The molecule has 0 bridgehead atoms. The van der Waals surface area contributed by atoms with Crippen LogP contribution in [0.3, 0.4) is 0 Å². The van der Waals surface area contributed by atoms with Gasteiger partial charge in [0, 0.05) is 12.1 Å². The number of thioether (sulfide) groups is 1. The lowest BCUT2D eigenvalue weighted by Crippen LogP contribution is -2.28. The highest BCUT2D eigenvalue weighted by atomic mass is 32.2. The Hall–Kier alpha value is -5.01. The molecule has 3 heterocycles. The van der Waals surface area contributed by atoms with E-state index in [0.29, 0.717) is 33.7 Å². The highest BCUT2D eigenvalue weighted by Gasteiger charge is 2.33. The van der Waals surface area contributed by atoms with E-state index in [-0.39, 0.29) is 30.2 Å². The van der Waals surface area contributed by atoms with Crippen molar-refractivity contribution >= 4 is 40.6 Å². The van der Waals surface area contributed by atoms with Gasteiger partial charge in [0.2, 0.25) is 0 Å². The summed E-state index contributed by atoms with van der Waals surface area (Å²) >= 11 is 2.52. The van der Waals surface area contributed by atoms with Crippen LogP contribution in [0, 0.1) is 5.82 Å². The van der Waals surface area contributed by atoms with E-state index < -0.39 is 5.82 Å². The van der Waals surface area contributed by atoms with E-state index in [0.717, 1.165) is 22.6 Å². The van der Waals surface area contributed by atoms with Crippen LogP contribution in [0.15, 0.2) is 101 Å². The maximum Gasteiger partial charge on any atom is 0.261 e. The summed E-state index contributed by atoms with van der Waals surface area (Å²) in [6.45, 7) is 0.0802. The minimum absolute atomic E-state index is 0.00687. The minimum Gasteiger partial charge on any atom is -0.497 e. The van der Waals surface area contributed by atoms with Crippen LogP contribution in [0.2, 0.25) is 0 Å². The van der Waals surface area contributed by atoms with Crippen LogP contribution in [0.4, 0.5) is 4.39 Å². The van der Waals surface area contributed by atoms with Gasteiger partial charge in [-0.05, 0) is 83.2 Å². The largest absolute Gasteiger partial charge is 0.497 e. The van der Waals surface area contributed by atoms with E-state index in [1.807, 2.05) is 53.9 Å². The number of rotatable bonds is 11. The predicted molar refractivity (Wildman–Crippen MR) is 174 cm³/mol. The Labute approximate surface area is 272 Å². The van der Waals surface area contributed by atoms with Gasteiger partial charge < -0.3 is 14.8 Å². The Bertz CT molecular complexity index is 1840. The van der Waals surface area contributed by atoms with E-state index in [1.165, 1.54) is 40.2 Å². The Kier molecular flexibility index (Phi) is 9.41. The minimum atomic E-state index is -0.391. The van der Waals surface area contributed by atoms with Crippen LogP contribution in [-0.2, 0) is 11.3 Å². The second-order valence-corrected chi connectivity index (χ2v) is 12.1. The Balaban J connectivity index is 1.25. The predicted octanol–water partition coefficient (Wildman–Crippen LogP) is 5.89. The maximum absolute atomic E-state index is 13.8. The van der Waals surface area contributed by atoms with Gasteiger partial charge in [0.15, 0.2) is 11.0 Å². The Morgan fingerprint density at radius 3 is 2.30 bits per heavy atom. The highest BCUT2D eigenvalue weighted by Crippen LogP contribution is 2.35. The van der Waals surface area contributed by atoms with E-state index >= 15 is 0 Å². The number of methoxy groups -OCH3 is 2. The molecule has 0 saturated carbocycles. The van der Waals surface area contributed by atoms with E-state index in [1.54, 1.807) is 43.1 Å². The van der Waals surface area contributed by atoms with Crippen LogP contribution in [0.5, 0.6) is 11.5 Å². The second-order valence-electron chi connectivity index (χ2n) is 10.2. The number of thiophene rings is 1. The van der Waals surface area contributed by atoms with Crippen molar-refractivity contribution in [3.05, 3.63) is 118 Å². The van der Waals surface area contributed by atoms with Crippen molar-refractivity contribution < 1.29 is 23.5 Å². The van der Waals surface area contributed by atoms with Gasteiger partial charge in [-0.1, -0.05) is 30.0 Å². The van der Waals surface area contributed by atoms with Gasteiger partial charge in [0.25, 0.3) is 11.8 Å². The highest BCUT2D eigenvalue weighted by molar-refractivity contribution is 7.99. The molecule has 1 atom stereocenters. The van der Waals surface area contributed by atoms with Crippen molar-refractivity contribution in [1.82, 2.24) is 25.1 Å². The van der Waals surface area contributed by atoms with E-state index in [2.05, 4.69) is 15.5 Å². The molecule has 0 saturated heterocycles. The number of benzene rings is 3. The molecule has 234 valence electrons. The molecule has 1 N–H and O–H groups in total. The third-order valence-electron chi connectivity index (χ3n) is 7.35. The monoisotopic (exact) mass is 656 g/mol. The van der Waals surface area contributed by atoms with E-state index in [9.17, 15) is 14.0 Å². The molecule has 0 radical (unpaired) electrons. The van der Waals surface area contributed by atoms with Gasteiger partial charge in [-0.15, -0.1) is 21.5 Å². The van der Waals surface area contributed by atoms with Gasteiger partial charge >= 0.3 is 0 Å². The van der Waals surface area contributed by atoms with Gasteiger partial charge in [0.05, 0.1) is 43.1 Å². The summed E-state index contributed by atoms with van der Waals surface area (Å²) in [4.78, 5) is 27.0. The molecule has 2 amide bonds. The summed E-state index contributed by atoms with van der Waals surface area (Å²) in [6, 6.07) is 24.3. The number of aromatic nitrogens is 3. The van der Waals surface area contributed by atoms with Crippen LogP contribution in [0.1, 0.15) is 39.1 Å². The summed E-state index contributed by atoms with van der Waals surface area (Å²) in [5, 5.41) is 20.0. The van der Waals surface area contributed by atoms with Crippen molar-refractivity contribution in [2.24, 2.45) is 5.10 Å².